The van der Waals surface area contributed by atoms with E-state index in [-0.39, 0.29) is 5.92 Å². The summed E-state index contributed by atoms with van der Waals surface area (Å²) in [5.74, 6) is -0.717. The van der Waals surface area contributed by atoms with Crippen molar-refractivity contribution in [2.24, 2.45) is 5.92 Å². The zero-order chi connectivity index (χ0) is 12.1. The molecule has 0 heterocycles. The van der Waals surface area contributed by atoms with Gasteiger partial charge in [-0.15, -0.1) is 0 Å². The first kappa shape index (κ1) is 13.0. The van der Waals surface area contributed by atoms with Crippen LogP contribution in [0, 0.1) is 5.92 Å². The summed E-state index contributed by atoms with van der Waals surface area (Å²) >= 11 is 3.36. The van der Waals surface area contributed by atoms with E-state index in [9.17, 15) is 4.79 Å². The molecule has 2 unspecified atom stereocenters. The third-order valence-electron chi connectivity index (χ3n) is 2.63. The van der Waals surface area contributed by atoms with Gasteiger partial charge in [0.2, 0.25) is 0 Å². The highest BCUT2D eigenvalue weighted by Crippen LogP contribution is 2.19. The number of halogens is 1. The topological polar surface area (TPSA) is 49.3 Å². The van der Waals surface area contributed by atoms with Gasteiger partial charge in [-0.2, -0.15) is 0 Å². The molecule has 0 saturated carbocycles. The number of nitrogens with one attached hydrogen (secondary N) is 1. The minimum Gasteiger partial charge on any atom is -0.480 e. The Hall–Kier alpha value is -1.03. The number of hydrogen-bond donors (Lipinski definition) is 2. The number of carbonyl (C=O) groups is 1. The minimum absolute atomic E-state index is 0.0940. The normalized spacial score (nSPS) is 14.2. The molecule has 4 heteroatoms. The Morgan fingerprint density at radius 3 is 2.75 bits per heavy atom. The lowest BCUT2D eigenvalue weighted by Crippen LogP contribution is -2.35. The largest absolute Gasteiger partial charge is 0.480 e. The zero-order valence-electron chi connectivity index (χ0n) is 9.40. The third kappa shape index (κ3) is 3.52. The molecular weight excluding hydrogens is 270 g/mol. The van der Waals surface area contributed by atoms with E-state index in [0.717, 1.165) is 16.6 Å². The second kappa shape index (κ2) is 5.89. The second-order valence-corrected chi connectivity index (χ2v) is 4.77. The second-order valence-electron chi connectivity index (χ2n) is 3.86. The van der Waals surface area contributed by atoms with Gasteiger partial charge >= 0.3 is 5.97 Å². The SMILES string of the molecule is CCC(C)C(Nc1cccc(Br)c1)C(=O)O. The van der Waals surface area contributed by atoms with Crippen molar-refractivity contribution in [2.75, 3.05) is 5.32 Å². The number of anilines is 1. The zero-order valence-corrected chi connectivity index (χ0v) is 11.0. The van der Waals surface area contributed by atoms with Crippen LogP contribution in [-0.4, -0.2) is 17.1 Å². The van der Waals surface area contributed by atoms with Crippen LogP contribution in [-0.2, 0) is 4.79 Å². The monoisotopic (exact) mass is 285 g/mol. The highest BCUT2D eigenvalue weighted by Gasteiger charge is 2.22. The first-order valence-corrected chi connectivity index (χ1v) is 6.08. The van der Waals surface area contributed by atoms with Crippen molar-refractivity contribution in [3.8, 4) is 0 Å². The molecule has 3 nitrogen and oxygen atoms in total. The van der Waals surface area contributed by atoms with Crippen LogP contribution >= 0.6 is 15.9 Å². The van der Waals surface area contributed by atoms with Crippen molar-refractivity contribution in [1.82, 2.24) is 0 Å². The average Bonchev–Trinajstić information content (AvgIpc) is 2.24. The summed E-state index contributed by atoms with van der Waals surface area (Å²) in [5.41, 5.74) is 0.821. The summed E-state index contributed by atoms with van der Waals surface area (Å²) in [6.45, 7) is 3.92. The molecule has 0 amide bonds. The Morgan fingerprint density at radius 2 is 2.25 bits per heavy atom. The van der Waals surface area contributed by atoms with Crippen LogP contribution in [0.5, 0.6) is 0 Å². The van der Waals surface area contributed by atoms with Crippen molar-refractivity contribution in [1.29, 1.82) is 0 Å². The maximum absolute atomic E-state index is 11.1. The third-order valence-corrected chi connectivity index (χ3v) is 3.12. The van der Waals surface area contributed by atoms with Gasteiger partial charge in [0.15, 0.2) is 0 Å². The van der Waals surface area contributed by atoms with Gasteiger partial charge in [-0.3, -0.25) is 0 Å². The van der Waals surface area contributed by atoms with Gasteiger partial charge in [0.1, 0.15) is 6.04 Å². The average molecular weight is 286 g/mol. The first-order chi connectivity index (χ1) is 7.54. The van der Waals surface area contributed by atoms with Crippen LogP contribution in [0.3, 0.4) is 0 Å². The van der Waals surface area contributed by atoms with Crippen LogP contribution < -0.4 is 5.32 Å². The Bertz CT molecular complexity index is 368. The Labute approximate surface area is 104 Å². The molecule has 0 radical (unpaired) electrons. The molecule has 0 aliphatic heterocycles. The molecule has 0 aliphatic carbocycles. The lowest BCUT2D eigenvalue weighted by molar-refractivity contribution is -0.139. The van der Waals surface area contributed by atoms with E-state index in [2.05, 4.69) is 21.2 Å². The molecule has 2 N–H and O–H groups in total. The molecule has 0 spiro atoms. The summed E-state index contributed by atoms with van der Waals surface area (Å²) in [6, 6.07) is 6.98. The number of carboxylic acids is 1. The van der Waals surface area contributed by atoms with Gasteiger partial charge in [-0.25, -0.2) is 4.79 Å². The maximum atomic E-state index is 11.1. The van der Waals surface area contributed by atoms with Gasteiger partial charge in [-0.05, 0) is 24.1 Å². The molecule has 0 saturated heterocycles. The van der Waals surface area contributed by atoms with Gasteiger partial charge in [0, 0.05) is 10.2 Å². The van der Waals surface area contributed by atoms with Crippen molar-refractivity contribution in [3.05, 3.63) is 28.7 Å². The van der Waals surface area contributed by atoms with E-state index < -0.39 is 12.0 Å². The summed E-state index contributed by atoms with van der Waals surface area (Å²) in [7, 11) is 0. The molecule has 2 atom stereocenters. The smallest absolute Gasteiger partial charge is 0.326 e. The fourth-order valence-corrected chi connectivity index (χ4v) is 1.84. The molecular formula is C12H16BrNO2. The van der Waals surface area contributed by atoms with Gasteiger partial charge in [0.25, 0.3) is 0 Å². The lowest BCUT2D eigenvalue weighted by Gasteiger charge is -2.21. The molecule has 88 valence electrons. The minimum atomic E-state index is -0.811. The van der Waals surface area contributed by atoms with Gasteiger partial charge in [0.05, 0.1) is 0 Å². The quantitative estimate of drug-likeness (QED) is 0.872. The Kier molecular flexibility index (Phi) is 4.80. The van der Waals surface area contributed by atoms with Gasteiger partial charge in [-0.1, -0.05) is 42.3 Å². The van der Waals surface area contributed by atoms with Crippen molar-refractivity contribution in [2.45, 2.75) is 26.3 Å². The number of hydrogen-bond acceptors (Lipinski definition) is 2. The van der Waals surface area contributed by atoms with E-state index in [0.29, 0.717) is 0 Å². The van der Waals surface area contributed by atoms with Crippen LogP contribution in [0.4, 0.5) is 5.69 Å². The van der Waals surface area contributed by atoms with Crippen molar-refractivity contribution >= 4 is 27.6 Å². The van der Waals surface area contributed by atoms with E-state index in [1.807, 2.05) is 38.1 Å². The fraction of sp³-hybridized carbons (Fsp3) is 0.417. The maximum Gasteiger partial charge on any atom is 0.326 e. The number of carboxylic acid groups (broad SMARTS) is 1. The summed E-state index contributed by atoms with van der Waals surface area (Å²) < 4.78 is 0.936. The van der Waals surface area contributed by atoms with Crippen molar-refractivity contribution in [3.63, 3.8) is 0 Å². The predicted molar refractivity (Wildman–Crippen MR) is 68.6 cm³/mol. The van der Waals surface area contributed by atoms with E-state index >= 15 is 0 Å². The van der Waals surface area contributed by atoms with Crippen LogP contribution in [0.1, 0.15) is 20.3 Å². The molecule has 16 heavy (non-hydrogen) atoms. The van der Waals surface area contributed by atoms with Crippen LogP contribution in [0.2, 0.25) is 0 Å². The molecule has 1 aromatic rings. The molecule has 0 aliphatic rings. The fourth-order valence-electron chi connectivity index (χ4n) is 1.44. The molecule has 0 fully saturated rings. The standard InChI is InChI=1S/C12H16BrNO2/c1-3-8(2)11(12(15)16)14-10-6-4-5-9(13)7-10/h4-8,11,14H,3H2,1-2H3,(H,15,16). The lowest BCUT2D eigenvalue weighted by atomic mass is 9.99. The summed E-state index contributed by atoms with van der Waals surface area (Å²) in [6.07, 6.45) is 0.831. The highest BCUT2D eigenvalue weighted by atomic mass is 79.9. The first-order valence-electron chi connectivity index (χ1n) is 5.29. The molecule has 1 rings (SSSR count). The van der Waals surface area contributed by atoms with Gasteiger partial charge < -0.3 is 10.4 Å². The Morgan fingerprint density at radius 1 is 1.56 bits per heavy atom. The van der Waals surface area contributed by atoms with E-state index in [4.69, 9.17) is 5.11 Å². The van der Waals surface area contributed by atoms with Crippen LogP contribution in [0.25, 0.3) is 0 Å². The van der Waals surface area contributed by atoms with E-state index in [1.54, 1.807) is 0 Å². The van der Waals surface area contributed by atoms with Crippen molar-refractivity contribution < 1.29 is 9.90 Å². The number of rotatable bonds is 5. The molecule has 0 bridgehead atoms. The predicted octanol–water partition coefficient (Wildman–Crippen LogP) is 3.36. The molecule has 1 aromatic carbocycles. The molecule has 0 aromatic heterocycles. The van der Waals surface area contributed by atoms with E-state index in [1.165, 1.54) is 0 Å². The Balaban J connectivity index is 2.79. The number of benzene rings is 1. The highest BCUT2D eigenvalue weighted by molar-refractivity contribution is 9.10. The number of aliphatic carboxylic acids is 1. The van der Waals surface area contributed by atoms with Crippen LogP contribution in [0.15, 0.2) is 28.7 Å². The summed E-state index contributed by atoms with van der Waals surface area (Å²) in [4.78, 5) is 11.1. The summed E-state index contributed by atoms with van der Waals surface area (Å²) in [5, 5.41) is 12.2.